The van der Waals surface area contributed by atoms with Crippen LogP contribution in [-0.2, 0) is 0 Å². The van der Waals surface area contributed by atoms with Crippen molar-refractivity contribution in [2.24, 2.45) is 0 Å². The summed E-state index contributed by atoms with van der Waals surface area (Å²) < 4.78 is 0. The predicted molar refractivity (Wildman–Crippen MR) is 82.3 cm³/mol. The highest BCUT2D eigenvalue weighted by Crippen LogP contribution is 2.25. The van der Waals surface area contributed by atoms with Crippen LogP contribution in [0, 0.1) is 6.92 Å². The standard InChI is InChI=1S/C16H13ClN2O/c1-9-6-10(2-5-14(9)18)16(20)13-8-19-15-7-11(17)3-4-12(13)15/h2-8,19H,18H2,1H3. The van der Waals surface area contributed by atoms with Gasteiger partial charge in [0.1, 0.15) is 0 Å². The van der Waals surface area contributed by atoms with E-state index in [1.54, 1.807) is 24.4 Å². The van der Waals surface area contributed by atoms with Gasteiger partial charge in [-0.3, -0.25) is 4.79 Å². The highest BCUT2D eigenvalue weighted by atomic mass is 35.5. The molecule has 3 rings (SSSR count). The molecule has 0 aliphatic rings. The van der Waals surface area contributed by atoms with Gasteiger partial charge in [0.2, 0.25) is 0 Å². The number of H-pyrrole nitrogens is 1. The van der Waals surface area contributed by atoms with Crippen LogP contribution >= 0.6 is 11.6 Å². The quantitative estimate of drug-likeness (QED) is 0.553. The van der Waals surface area contributed by atoms with Gasteiger partial charge < -0.3 is 10.7 Å². The number of halogens is 1. The number of benzene rings is 2. The Morgan fingerprint density at radius 2 is 2.00 bits per heavy atom. The summed E-state index contributed by atoms with van der Waals surface area (Å²) in [6, 6.07) is 10.8. The first-order chi connectivity index (χ1) is 9.56. The van der Waals surface area contributed by atoms with E-state index in [1.807, 2.05) is 25.1 Å². The third-order valence-electron chi connectivity index (χ3n) is 3.42. The minimum Gasteiger partial charge on any atom is -0.399 e. The van der Waals surface area contributed by atoms with E-state index in [0.717, 1.165) is 16.5 Å². The highest BCUT2D eigenvalue weighted by Gasteiger charge is 2.14. The number of anilines is 1. The van der Waals surface area contributed by atoms with Gasteiger partial charge >= 0.3 is 0 Å². The molecule has 0 radical (unpaired) electrons. The zero-order valence-electron chi connectivity index (χ0n) is 10.9. The molecule has 100 valence electrons. The van der Waals surface area contributed by atoms with Gasteiger partial charge in [0.05, 0.1) is 0 Å². The maximum absolute atomic E-state index is 12.6. The Labute approximate surface area is 121 Å². The molecule has 0 fully saturated rings. The molecule has 0 spiro atoms. The first kappa shape index (κ1) is 12.8. The van der Waals surface area contributed by atoms with Gasteiger partial charge in [0.25, 0.3) is 0 Å². The summed E-state index contributed by atoms with van der Waals surface area (Å²) in [6.45, 7) is 1.89. The second-order valence-corrected chi connectivity index (χ2v) is 5.23. The second kappa shape index (κ2) is 4.69. The topological polar surface area (TPSA) is 58.9 Å². The first-order valence-electron chi connectivity index (χ1n) is 6.24. The van der Waals surface area contributed by atoms with Gasteiger partial charge in [-0.2, -0.15) is 0 Å². The molecule has 3 aromatic rings. The molecule has 0 aliphatic carbocycles. The van der Waals surface area contributed by atoms with Crippen LogP contribution in [-0.4, -0.2) is 10.8 Å². The number of nitrogens with two attached hydrogens (primary N) is 1. The molecule has 0 unspecified atom stereocenters. The Morgan fingerprint density at radius 3 is 2.75 bits per heavy atom. The summed E-state index contributed by atoms with van der Waals surface area (Å²) in [5.74, 6) is -0.0262. The minimum absolute atomic E-state index is 0.0262. The van der Waals surface area contributed by atoms with Crippen molar-refractivity contribution in [1.29, 1.82) is 0 Å². The van der Waals surface area contributed by atoms with Gasteiger partial charge in [0, 0.05) is 38.9 Å². The van der Waals surface area contributed by atoms with Crippen LogP contribution in [0.5, 0.6) is 0 Å². The molecule has 3 N–H and O–H groups in total. The smallest absolute Gasteiger partial charge is 0.195 e. The number of ketones is 1. The van der Waals surface area contributed by atoms with E-state index in [2.05, 4.69) is 4.98 Å². The second-order valence-electron chi connectivity index (χ2n) is 4.79. The minimum atomic E-state index is -0.0262. The summed E-state index contributed by atoms with van der Waals surface area (Å²) in [7, 11) is 0. The predicted octanol–water partition coefficient (Wildman–Crippen LogP) is 3.94. The number of aryl methyl sites for hydroxylation is 1. The number of carbonyl (C=O) groups excluding carboxylic acids is 1. The van der Waals surface area contributed by atoms with E-state index in [-0.39, 0.29) is 5.78 Å². The van der Waals surface area contributed by atoms with Crippen molar-refractivity contribution < 1.29 is 4.79 Å². The average molecular weight is 285 g/mol. The fourth-order valence-electron chi connectivity index (χ4n) is 2.26. The molecule has 1 heterocycles. The molecule has 0 saturated carbocycles. The Hall–Kier alpha value is -2.26. The number of aromatic nitrogens is 1. The summed E-state index contributed by atoms with van der Waals surface area (Å²) in [5, 5.41) is 1.51. The van der Waals surface area contributed by atoms with Crippen LogP contribution in [0.2, 0.25) is 5.02 Å². The Balaban J connectivity index is 2.10. The van der Waals surface area contributed by atoms with E-state index in [9.17, 15) is 4.79 Å². The lowest BCUT2D eigenvalue weighted by atomic mass is 10.0. The number of carbonyl (C=O) groups is 1. The normalized spacial score (nSPS) is 10.9. The van der Waals surface area contributed by atoms with Gasteiger partial charge in [-0.15, -0.1) is 0 Å². The zero-order valence-corrected chi connectivity index (χ0v) is 11.7. The van der Waals surface area contributed by atoms with Crippen LogP contribution in [0.3, 0.4) is 0 Å². The third-order valence-corrected chi connectivity index (χ3v) is 3.66. The maximum atomic E-state index is 12.6. The average Bonchev–Trinajstić information content (AvgIpc) is 2.84. The Kier molecular flexibility index (Phi) is 2.99. The van der Waals surface area contributed by atoms with Crippen LogP contribution in [0.25, 0.3) is 10.9 Å². The molecule has 0 saturated heterocycles. The number of nitrogen functional groups attached to an aromatic ring is 1. The molecular formula is C16H13ClN2O. The molecule has 3 nitrogen and oxygen atoms in total. The van der Waals surface area contributed by atoms with E-state index in [4.69, 9.17) is 17.3 Å². The van der Waals surface area contributed by atoms with Gasteiger partial charge in [0.15, 0.2) is 5.78 Å². The van der Waals surface area contributed by atoms with Gasteiger partial charge in [-0.25, -0.2) is 0 Å². The Morgan fingerprint density at radius 1 is 1.20 bits per heavy atom. The molecule has 2 aromatic carbocycles. The maximum Gasteiger partial charge on any atom is 0.195 e. The monoisotopic (exact) mass is 284 g/mol. The lowest BCUT2D eigenvalue weighted by Crippen LogP contribution is -2.02. The van der Waals surface area contributed by atoms with Crippen molar-refractivity contribution in [1.82, 2.24) is 4.98 Å². The number of aromatic amines is 1. The first-order valence-corrected chi connectivity index (χ1v) is 6.61. The summed E-state index contributed by atoms with van der Waals surface area (Å²) in [4.78, 5) is 15.7. The van der Waals surface area contributed by atoms with Crippen molar-refractivity contribution >= 4 is 34.0 Å². The summed E-state index contributed by atoms with van der Waals surface area (Å²) in [5.41, 5.74) is 9.50. The van der Waals surface area contributed by atoms with E-state index in [1.165, 1.54) is 0 Å². The number of fused-ring (bicyclic) bond motifs is 1. The molecule has 20 heavy (non-hydrogen) atoms. The molecule has 4 heteroatoms. The van der Waals surface area contributed by atoms with Crippen LogP contribution in [0.1, 0.15) is 21.5 Å². The van der Waals surface area contributed by atoms with Gasteiger partial charge in [-0.1, -0.05) is 17.7 Å². The van der Waals surface area contributed by atoms with E-state index in [0.29, 0.717) is 21.8 Å². The lowest BCUT2D eigenvalue weighted by molar-refractivity contribution is 0.104. The van der Waals surface area contributed by atoms with E-state index < -0.39 is 0 Å². The SMILES string of the molecule is Cc1cc(C(=O)c2c[nH]c3cc(Cl)ccc23)ccc1N. The van der Waals surface area contributed by atoms with Crippen molar-refractivity contribution in [3.05, 3.63) is 64.3 Å². The Bertz CT molecular complexity index is 820. The molecule has 0 atom stereocenters. The van der Waals surface area contributed by atoms with Gasteiger partial charge in [-0.05, 0) is 42.8 Å². The molecular weight excluding hydrogens is 272 g/mol. The molecule has 1 aromatic heterocycles. The fourth-order valence-corrected chi connectivity index (χ4v) is 2.43. The van der Waals surface area contributed by atoms with Crippen molar-refractivity contribution in [2.45, 2.75) is 6.92 Å². The zero-order chi connectivity index (χ0) is 14.3. The van der Waals surface area contributed by atoms with Crippen LogP contribution in [0.15, 0.2) is 42.6 Å². The van der Waals surface area contributed by atoms with Crippen molar-refractivity contribution in [2.75, 3.05) is 5.73 Å². The van der Waals surface area contributed by atoms with E-state index >= 15 is 0 Å². The van der Waals surface area contributed by atoms with Crippen LogP contribution in [0.4, 0.5) is 5.69 Å². The third kappa shape index (κ3) is 2.06. The number of nitrogens with one attached hydrogen (secondary N) is 1. The van der Waals surface area contributed by atoms with Crippen molar-refractivity contribution in [3.63, 3.8) is 0 Å². The largest absolute Gasteiger partial charge is 0.399 e. The fraction of sp³-hybridized carbons (Fsp3) is 0.0625. The summed E-state index contributed by atoms with van der Waals surface area (Å²) in [6.07, 6.45) is 1.72. The molecule has 0 bridgehead atoms. The molecule has 0 amide bonds. The molecule has 0 aliphatic heterocycles. The van der Waals surface area contributed by atoms with Crippen LogP contribution < -0.4 is 5.73 Å². The number of hydrogen-bond donors (Lipinski definition) is 2. The summed E-state index contributed by atoms with van der Waals surface area (Å²) >= 11 is 5.94. The number of rotatable bonds is 2. The van der Waals surface area contributed by atoms with Crippen molar-refractivity contribution in [3.8, 4) is 0 Å². The highest BCUT2D eigenvalue weighted by molar-refractivity contribution is 6.31. The number of hydrogen-bond acceptors (Lipinski definition) is 2. The lowest BCUT2D eigenvalue weighted by Gasteiger charge is -2.04.